The molecule has 0 bridgehead atoms. The number of phenols is 1. The van der Waals surface area contributed by atoms with E-state index in [1.807, 2.05) is 6.92 Å². The molecule has 0 heterocycles. The van der Waals surface area contributed by atoms with Crippen LogP contribution in [-0.2, 0) is 14.3 Å². The standard InChI is InChI=1S/C20H24O6S/c1-16-6-10-19(11-7-16)27(23,24)26-13-5-3-2-4-12-25-18-9-8-17(15-21)20(22)14-18/h6-11,14-15,22H,2-5,12-13H2,1H3. The molecule has 0 fully saturated rings. The second kappa shape index (κ2) is 10.1. The Bertz CT molecular complexity index is 843. The number of hydrogen-bond donors (Lipinski definition) is 1. The number of phenolic OH excluding ortho intramolecular Hbond substituents is 1. The molecular formula is C20H24O6S. The summed E-state index contributed by atoms with van der Waals surface area (Å²) < 4.78 is 34.6. The molecule has 0 unspecified atom stereocenters. The molecule has 0 aliphatic rings. The van der Waals surface area contributed by atoms with Crippen LogP contribution in [0.2, 0.25) is 0 Å². The summed E-state index contributed by atoms with van der Waals surface area (Å²) in [5.41, 5.74) is 1.22. The molecule has 0 saturated carbocycles. The zero-order valence-corrected chi connectivity index (χ0v) is 16.1. The molecule has 6 nitrogen and oxygen atoms in total. The summed E-state index contributed by atoms with van der Waals surface area (Å²) in [6.45, 7) is 2.52. The fraction of sp³-hybridized carbons (Fsp3) is 0.350. The summed E-state index contributed by atoms with van der Waals surface area (Å²) in [4.78, 5) is 10.8. The second-order valence-electron chi connectivity index (χ2n) is 6.19. The highest BCUT2D eigenvalue weighted by Crippen LogP contribution is 2.22. The Morgan fingerprint density at radius 1 is 0.963 bits per heavy atom. The van der Waals surface area contributed by atoms with Gasteiger partial charge >= 0.3 is 0 Å². The van der Waals surface area contributed by atoms with Crippen molar-refractivity contribution < 1.29 is 27.2 Å². The van der Waals surface area contributed by atoms with Crippen molar-refractivity contribution in [2.24, 2.45) is 0 Å². The minimum absolute atomic E-state index is 0.102. The zero-order valence-electron chi connectivity index (χ0n) is 15.3. The highest BCUT2D eigenvalue weighted by molar-refractivity contribution is 7.86. The summed E-state index contributed by atoms with van der Waals surface area (Å²) in [6, 6.07) is 11.1. The largest absolute Gasteiger partial charge is 0.507 e. The summed E-state index contributed by atoms with van der Waals surface area (Å²) in [6.07, 6.45) is 3.70. The Morgan fingerprint density at radius 3 is 2.26 bits per heavy atom. The first-order valence-electron chi connectivity index (χ1n) is 8.79. The van der Waals surface area contributed by atoms with Crippen molar-refractivity contribution >= 4 is 16.4 Å². The van der Waals surface area contributed by atoms with Crippen LogP contribution in [-0.4, -0.2) is 33.0 Å². The molecule has 2 aromatic carbocycles. The molecule has 0 saturated heterocycles. The molecule has 27 heavy (non-hydrogen) atoms. The molecule has 2 aromatic rings. The number of ether oxygens (including phenoxy) is 1. The fourth-order valence-electron chi connectivity index (χ4n) is 2.40. The third-order valence-corrected chi connectivity index (χ3v) is 5.31. The van der Waals surface area contributed by atoms with Crippen molar-refractivity contribution in [2.75, 3.05) is 13.2 Å². The number of aryl methyl sites for hydroxylation is 1. The summed E-state index contributed by atoms with van der Waals surface area (Å²) in [5, 5.41) is 9.58. The molecule has 0 aromatic heterocycles. The SMILES string of the molecule is Cc1ccc(S(=O)(=O)OCCCCCCOc2ccc(C=O)c(O)c2)cc1. The van der Waals surface area contributed by atoms with Crippen LogP contribution in [0.5, 0.6) is 11.5 Å². The van der Waals surface area contributed by atoms with Gasteiger partial charge in [-0.1, -0.05) is 24.1 Å². The van der Waals surface area contributed by atoms with E-state index in [4.69, 9.17) is 8.92 Å². The highest BCUT2D eigenvalue weighted by Gasteiger charge is 2.14. The number of unbranched alkanes of at least 4 members (excludes halogenated alkanes) is 3. The van der Waals surface area contributed by atoms with E-state index in [1.165, 1.54) is 12.1 Å². The van der Waals surface area contributed by atoms with Crippen LogP contribution >= 0.6 is 0 Å². The van der Waals surface area contributed by atoms with Crippen molar-refractivity contribution in [1.82, 2.24) is 0 Å². The van der Waals surface area contributed by atoms with Gasteiger partial charge in [0, 0.05) is 6.07 Å². The number of aromatic hydroxyl groups is 1. The van der Waals surface area contributed by atoms with Gasteiger partial charge in [0.15, 0.2) is 6.29 Å². The second-order valence-corrected chi connectivity index (χ2v) is 7.81. The van der Waals surface area contributed by atoms with E-state index in [1.54, 1.807) is 30.3 Å². The number of aldehydes is 1. The Labute approximate surface area is 159 Å². The van der Waals surface area contributed by atoms with Gasteiger partial charge in [0.25, 0.3) is 10.1 Å². The topological polar surface area (TPSA) is 89.9 Å². The summed E-state index contributed by atoms with van der Waals surface area (Å²) in [5.74, 6) is 0.403. The molecule has 7 heteroatoms. The van der Waals surface area contributed by atoms with Gasteiger partial charge in [0.05, 0.1) is 23.7 Å². The predicted molar refractivity (Wildman–Crippen MR) is 102 cm³/mol. The van der Waals surface area contributed by atoms with E-state index in [0.717, 1.165) is 24.8 Å². The van der Waals surface area contributed by atoms with Gasteiger partial charge in [0.1, 0.15) is 11.5 Å². The molecule has 0 radical (unpaired) electrons. The van der Waals surface area contributed by atoms with Crippen molar-refractivity contribution in [3.8, 4) is 11.5 Å². The monoisotopic (exact) mass is 392 g/mol. The third kappa shape index (κ3) is 6.69. The van der Waals surface area contributed by atoms with Gasteiger partial charge in [-0.2, -0.15) is 8.42 Å². The van der Waals surface area contributed by atoms with Gasteiger partial charge in [0.2, 0.25) is 0 Å². The van der Waals surface area contributed by atoms with Crippen LogP contribution in [0.15, 0.2) is 47.4 Å². The lowest BCUT2D eigenvalue weighted by Crippen LogP contribution is -2.07. The third-order valence-electron chi connectivity index (χ3n) is 3.98. The van der Waals surface area contributed by atoms with Crippen LogP contribution in [0.25, 0.3) is 0 Å². The van der Waals surface area contributed by atoms with Gasteiger partial charge in [-0.15, -0.1) is 0 Å². The molecule has 0 aliphatic heterocycles. The van der Waals surface area contributed by atoms with E-state index >= 15 is 0 Å². The quantitative estimate of drug-likeness (QED) is 0.355. The van der Waals surface area contributed by atoms with Crippen LogP contribution in [0.1, 0.15) is 41.6 Å². The maximum Gasteiger partial charge on any atom is 0.296 e. The van der Waals surface area contributed by atoms with Crippen molar-refractivity contribution in [3.63, 3.8) is 0 Å². The first-order chi connectivity index (χ1) is 12.9. The van der Waals surface area contributed by atoms with E-state index in [2.05, 4.69) is 0 Å². The first-order valence-corrected chi connectivity index (χ1v) is 10.2. The van der Waals surface area contributed by atoms with Crippen LogP contribution in [0, 0.1) is 6.92 Å². The molecule has 0 atom stereocenters. The Balaban J connectivity index is 1.60. The number of benzene rings is 2. The van der Waals surface area contributed by atoms with E-state index in [9.17, 15) is 18.3 Å². The van der Waals surface area contributed by atoms with Gasteiger partial charge < -0.3 is 9.84 Å². The van der Waals surface area contributed by atoms with Gasteiger partial charge in [-0.3, -0.25) is 8.98 Å². The molecule has 146 valence electrons. The first kappa shape index (κ1) is 20.9. The minimum Gasteiger partial charge on any atom is -0.507 e. The maximum absolute atomic E-state index is 12.0. The Morgan fingerprint density at radius 2 is 1.63 bits per heavy atom. The number of carbonyl (C=O) groups is 1. The van der Waals surface area contributed by atoms with Crippen molar-refractivity contribution in [3.05, 3.63) is 53.6 Å². The van der Waals surface area contributed by atoms with Crippen molar-refractivity contribution in [2.45, 2.75) is 37.5 Å². The van der Waals surface area contributed by atoms with Gasteiger partial charge in [-0.25, -0.2) is 0 Å². The average molecular weight is 392 g/mol. The fourth-order valence-corrected chi connectivity index (χ4v) is 3.34. The molecule has 0 aliphatic carbocycles. The van der Waals surface area contributed by atoms with Gasteiger partial charge in [-0.05, 0) is 50.5 Å². The zero-order chi connectivity index (χ0) is 19.7. The highest BCUT2D eigenvalue weighted by atomic mass is 32.2. The maximum atomic E-state index is 12.0. The predicted octanol–water partition coefficient (Wildman–Crippen LogP) is 3.86. The lowest BCUT2D eigenvalue weighted by Gasteiger charge is -2.08. The lowest BCUT2D eigenvalue weighted by molar-refractivity contribution is 0.112. The van der Waals surface area contributed by atoms with E-state index < -0.39 is 10.1 Å². The normalized spacial score (nSPS) is 11.3. The van der Waals surface area contributed by atoms with Crippen molar-refractivity contribution in [1.29, 1.82) is 0 Å². The number of rotatable bonds is 11. The van der Waals surface area contributed by atoms with Crippen LogP contribution < -0.4 is 4.74 Å². The lowest BCUT2D eigenvalue weighted by atomic mass is 10.2. The minimum atomic E-state index is -3.69. The summed E-state index contributed by atoms with van der Waals surface area (Å²) in [7, 11) is -3.69. The molecule has 0 amide bonds. The van der Waals surface area contributed by atoms with Crippen LogP contribution in [0.3, 0.4) is 0 Å². The smallest absolute Gasteiger partial charge is 0.296 e. The van der Waals surface area contributed by atoms with E-state index in [-0.39, 0.29) is 22.8 Å². The number of carbonyl (C=O) groups excluding carboxylic acids is 1. The Hall–Kier alpha value is -2.38. The summed E-state index contributed by atoms with van der Waals surface area (Å²) >= 11 is 0. The van der Waals surface area contributed by atoms with Crippen LogP contribution in [0.4, 0.5) is 0 Å². The molecule has 2 rings (SSSR count). The average Bonchev–Trinajstić information content (AvgIpc) is 2.64. The number of hydrogen-bond acceptors (Lipinski definition) is 6. The molecule has 1 N–H and O–H groups in total. The molecular weight excluding hydrogens is 368 g/mol. The Kier molecular flexibility index (Phi) is 7.82. The molecule has 0 spiro atoms. The van der Waals surface area contributed by atoms with E-state index in [0.29, 0.717) is 25.1 Å².